The Balaban J connectivity index is 0.000000231. The number of aromatic amines is 1. The lowest BCUT2D eigenvalue weighted by Crippen LogP contribution is -2.44. The van der Waals surface area contributed by atoms with Crippen molar-refractivity contribution in [2.45, 2.75) is 13.0 Å². The molecule has 214 valence electrons. The maximum Gasteiger partial charge on any atom is 0.291 e. The molecular weight excluding hydrogens is 527 g/mol. The van der Waals surface area contributed by atoms with E-state index in [-0.39, 0.29) is 22.7 Å². The van der Waals surface area contributed by atoms with Crippen molar-refractivity contribution in [3.63, 3.8) is 0 Å². The number of aldehydes is 1. The molecule has 11 heteroatoms. The Morgan fingerprint density at radius 1 is 1.15 bits per heavy atom. The minimum Gasteiger partial charge on any atom is -0.502 e. The van der Waals surface area contributed by atoms with Crippen molar-refractivity contribution < 1.29 is 19.0 Å². The normalized spacial score (nSPS) is 15.7. The Labute approximate surface area is 236 Å². The van der Waals surface area contributed by atoms with Crippen LogP contribution in [-0.4, -0.2) is 77.4 Å². The van der Waals surface area contributed by atoms with Gasteiger partial charge in [0.2, 0.25) is 0 Å². The van der Waals surface area contributed by atoms with Gasteiger partial charge in [0.05, 0.1) is 18.1 Å². The molecule has 1 unspecified atom stereocenters. The zero-order chi connectivity index (χ0) is 29.8. The zero-order valence-electron chi connectivity index (χ0n) is 23.4. The lowest BCUT2D eigenvalue weighted by molar-refractivity contribution is 0.112. The molecule has 1 saturated heterocycles. The second-order valence-electron chi connectivity index (χ2n) is 10.0. The number of piperazine rings is 1. The molecule has 0 spiro atoms. The van der Waals surface area contributed by atoms with E-state index in [1.165, 1.54) is 31.4 Å². The number of aryl methyl sites for hydroxylation is 1. The summed E-state index contributed by atoms with van der Waals surface area (Å²) in [5.74, 6) is -2.26. The number of halogens is 1. The number of H-pyrrole nitrogens is 1. The Morgan fingerprint density at radius 2 is 1.85 bits per heavy atom. The molecular formula is C30H33FN6O4. The fraction of sp³-hybridized carbons (Fsp3) is 0.267. The highest BCUT2D eigenvalue weighted by atomic mass is 19.1. The number of methoxy groups -OCH3 is 1. The third-order valence-corrected chi connectivity index (χ3v) is 7.22. The molecule has 4 N–H and O–H groups in total. The molecule has 1 fully saturated rings. The maximum atomic E-state index is 14.0. The quantitative estimate of drug-likeness (QED) is 0.172. The van der Waals surface area contributed by atoms with E-state index in [1.807, 2.05) is 0 Å². The summed E-state index contributed by atoms with van der Waals surface area (Å²) in [4.78, 5) is 30.6. The van der Waals surface area contributed by atoms with E-state index in [9.17, 15) is 19.1 Å². The molecule has 1 aliphatic rings. The van der Waals surface area contributed by atoms with Crippen LogP contribution in [0.3, 0.4) is 0 Å². The number of carbonyl (C=O) groups excluding carboxylic acids is 1. The number of likely N-dealkylation sites (N-methyl/N-ethyl adjacent to an activating group) is 2. The van der Waals surface area contributed by atoms with E-state index in [1.54, 1.807) is 13.0 Å². The predicted octanol–water partition coefficient (Wildman–Crippen LogP) is 3.26. The molecule has 0 bridgehead atoms. The third kappa shape index (κ3) is 6.11. The van der Waals surface area contributed by atoms with Crippen LogP contribution in [0.2, 0.25) is 0 Å². The lowest BCUT2D eigenvalue weighted by Gasteiger charge is -2.37. The highest BCUT2D eigenvalue weighted by molar-refractivity contribution is 6.03. The van der Waals surface area contributed by atoms with Crippen LogP contribution >= 0.6 is 0 Å². The minimum absolute atomic E-state index is 0.00957. The Morgan fingerprint density at radius 3 is 2.51 bits per heavy atom. The van der Waals surface area contributed by atoms with Gasteiger partial charge < -0.3 is 19.7 Å². The predicted molar refractivity (Wildman–Crippen MR) is 155 cm³/mol. The van der Waals surface area contributed by atoms with Crippen LogP contribution in [0.4, 0.5) is 4.39 Å². The van der Waals surface area contributed by atoms with Gasteiger partial charge in [-0.2, -0.15) is 0 Å². The Kier molecular flexibility index (Phi) is 8.80. The number of hydrogen-bond acceptors (Lipinski definition) is 8. The van der Waals surface area contributed by atoms with Gasteiger partial charge in [-0.05, 0) is 56.4 Å². The highest BCUT2D eigenvalue weighted by Crippen LogP contribution is 2.30. The average Bonchev–Trinajstić information content (AvgIpc) is 2.97. The molecule has 0 aliphatic carbocycles. The molecule has 0 saturated carbocycles. The minimum atomic E-state index is -1.00. The summed E-state index contributed by atoms with van der Waals surface area (Å²) in [6, 6.07) is 16.5. The number of phenolic OH excluding ortho intramolecular Hbond substituents is 1. The standard InChI is InChI=1S/C18H15FN4O4.C12H18N2/c1-8-3-13-12(5-10(8)7-24)22-18(26)17(21)23(13)16(20)9-4-11(19)15(25)14(6-9)27-2;1-13-8-9-14(2)12(10-13)11-6-4-3-5-7-11/h3-7,20-21,25H,1-2H3,(H,22,26);3-7,12H,8-10H2,1-2H3. The van der Waals surface area contributed by atoms with E-state index in [2.05, 4.69) is 59.2 Å². The summed E-state index contributed by atoms with van der Waals surface area (Å²) in [5, 5.41) is 26.1. The van der Waals surface area contributed by atoms with Crippen LogP contribution in [-0.2, 0) is 0 Å². The molecule has 1 atom stereocenters. The lowest BCUT2D eigenvalue weighted by atomic mass is 10.0. The first kappa shape index (κ1) is 29.4. The van der Waals surface area contributed by atoms with Crippen molar-refractivity contribution >= 4 is 23.2 Å². The summed E-state index contributed by atoms with van der Waals surface area (Å²) >= 11 is 0. The van der Waals surface area contributed by atoms with Crippen molar-refractivity contribution in [1.82, 2.24) is 19.4 Å². The number of benzene rings is 3. The summed E-state index contributed by atoms with van der Waals surface area (Å²) in [6.45, 7) is 5.16. The van der Waals surface area contributed by atoms with Gasteiger partial charge in [-0.1, -0.05) is 30.3 Å². The van der Waals surface area contributed by atoms with Crippen molar-refractivity contribution in [3.05, 3.63) is 98.5 Å². The molecule has 2 heterocycles. The molecule has 1 aromatic heterocycles. The van der Waals surface area contributed by atoms with Crippen molar-refractivity contribution in [1.29, 1.82) is 10.8 Å². The van der Waals surface area contributed by atoms with Crippen LogP contribution in [0.25, 0.3) is 11.0 Å². The number of carbonyl (C=O) groups is 1. The first-order valence-electron chi connectivity index (χ1n) is 12.9. The number of aromatic nitrogens is 2. The van der Waals surface area contributed by atoms with Gasteiger partial charge in [0.25, 0.3) is 5.56 Å². The molecule has 3 aromatic carbocycles. The summed E-state index contributed by atoms with van der Waals surface area (Å²) in [7, 11) is 5.64. The first-order valence-corrected chi connectivity index (χ1v) is 12.9. The van der Waals surface area contributed by atoms with Gasteiger partial charge in [-0.15, -0.1) is 0 Å². The number of aromatic hydroxyl groups is 1. The summed E-state index contributed by atoms with van der Waals surface area (Å²) in [6.07, 6.45) is 0.636. The number of nitrogens with zero attached hydrogens (tertiary/aromatic N) is 3. The van der Waals surface area contributed by atoms with Crippen molar-refractivity contribution in [2.75, 3.05) is 40.8 Å². The summed E-state index contributed by atoms with van der Waals surface area (Å²) < 4.78 is 19.9. The number of fused-ring (bicyclic) bond motifs is 1. The van der Waals surface area contributed by atoms with E-state index in [4.69, 9.17) is 15.6 Å². The van der Waals surface area contributed by atoms with E-state index in [0.29, 0.717) is 29.0 Å². The van der Waals surface area contributed by atoms with Crippen LogP contribution in [0, 0.1) is 23.6 Å². The second kappa shape index (κ2) is 12.3. The molecule has 1 aliphatic heterocycles. The van der Waals surface area contributed by atoms with Crippen molar-refractivity contribution in [3.8, 4) is 11.5 Å². The van der Waals surface area contributed by atoms with E-state index < -0.39 is 22.6 Å². The molecule has 10 nitrogen and oxygen atoms in total. The fourth-order valence-electron chi connectivity index (χ4n) is 4.80. The van der Waals surface area contributed by atoms with Crippen LogP contribution in [0.5, 0.6) is 11.5 Å². The van der Waals surface area contributed by atoms with Crippen molar-refractivity contribution in [2.24, 2.45) is 0 Å². The van der Waals surface area contributed by atoms with Crippen LogP contribution in [0.15, 0.2) is 59.4 Å². The van der Waals surface area contributed by atoms with Gasteiger partial charge in [0, 0.05) is 36.8 Å². The third-order valence-electron chi connectivity index (χ3n) is 7.22. The maximum absolute atomic E-state index is 14.0. The number of rotatable bonds is 4. The number of phenols is 1. The fourth-order valence-corrected chi connectivity index (χ4v) is 4.80. The smallest absolute Gasteiger partial charge is 0.291 e. The molecule has 0 amide bonds. The molecule has 4 aromatic rings. The first-order chi connectivity index (χ1) is 19.5. The number of nitrogens with one attached hydrogen (secondary N) is 3. The van der Waals surface area contributed by atoms with Crippen LogP contribution < -0.4 is 15.8 Å². The highest BCUT2D eigenvalue weighted by Gasteiger charge is 2.23. The zero-order valence-corrected chi connectivity index (χ0v) is 23.4. The van der Waals surface area contributed by atoms with Gasteiger partial charge in [-0.3, -0.25) is 29.9 Å². The second-order valence-corrected chi connectivity index (χ2v) is 10.0. The molecule has 5 rings (SSSR count). The van der Waals surface area contributed by atoms with Gasteiger partial charge in [0.1, 0.15) is 12.1 Å². The SMILES string of the molecule is CN1CCN(C)C(c2ccccc2)C1.COc1cc(C(=N)n2c(=N)c(=O)[nH]c3cc(C=O)c(C)cc32)cc(F)c1O. The summed E-state index contributed by atoms with van der Waals surface area (Å²) in [5.41, 5.74) is 1.58. The Hall–Kier alpha value is -4.61. The number of hydrogen-bond donors (Lipinski definition) is 4. The monoisotopic (exact) mass is 560 g/mol. The van der Waals surface area contributed by atoms with Gasteiger partial charge >= 0.3 is 0 Å². The van der Waals surface area contributed by atoms with Crippen LogP contribution in [0.1, 0.15) is 33.1 Å². The van der Waals surface area contributed by atoms with E-state index >= 15 is 0 Å². The Bertz CT molecular complexity index is 1720. The number of ether oxygens (including phenoxy) is 1. The van der Waals surface area contributed by atoms with Gasteiger partial charge in [-0.25, -0.2) is 4.39 Å². The topological polar surface area (TPSA) is 138 Å². The van der Waals surface area contributed by atoms with Gasteiger partial charge in [0.15, 0.2) is 22.8 Å². The molecule has 41 heavy (non-hydrogen) atoms. The molecule has 0 radical (unpaired) electrons. The van der Waals surface area contributed by atoms with E-state index in [0.717, 1.165) is 23.7 Å². The largest absolute Gasteiger partial charge is 0.502 e. The average molecular weight is 561 g/mol.